The second-order valence-electron chi connectivity index (χ2n) is 16.4. The first kappa shape index (κ1) is 36.4. The molecular formula is C40H53BrF2N2O4. The van der Waals surface area contributed by atoms with Gasteiger partial charge in [0.2, 0.25) is 0 Å². The van der Waals surface area contributed by atoms with Crippen LogP contribution in [0.15, 0.2) is 36.4 Å². The van der Waals surface area contributed by atoms with Gasteiger partial charge in [-0.2, -0.15) is 0 Å². The van der Waals surface area contributed by atoms with E-state index in [1.165, 1.54) is 109 Å². The highest BCUT2D eigenvalue weighted by molar-refractivity contribution is 9.08. The normalized spacial score (nSPS) is 32.9. The molecule has 0 heterocycles. The van der Waals surface area contributed by atoms with Gasteiger partial charge in [0.05, 0.1) is 25.3 Å². The average molecular weight is 744 g/mol. The Morgan fingerprint density at radius 3 is 1.45 bits per heavy atom. The number of ether oxygens (including phenoxy) is 2. The molecule has 8 fully saturated rings. The molecule has 2 aromatic rings. The lowest BCUT2D eigenvalue weighted by Crippen LogP contribution is -2.50. The number of methoxy groups -OCH3 is 2. The van der Waals surface area contributed by atoms with Crippen molar-refractivity contribution >= 4 is 27.9 Å². The number of carbonyl (C=O) groups is 2. The van der Waals surface area contributed by atoms with Crippen LogP contribution in [0.4, 0.5) is 8.78 Å². The number of benzene rings is 2. The number of carbonyl (C=O) groups excluding carboxylic acids is 2. The van der Waals surface area contributed by atoms with Crippen molar-refractivity contribution in [2.24, 2.45) is 52.1 Å². The molecule has 49 heavy (non-hydrogen) atoms. The predicted octanol–water partition coefficient (Wildman–Crippen LogP) is 8.59. The van der Waals surface area contributed by atoms with Gasteiger partial charge in [0.1, 0.15) is 11.6 Å². The van der Waals surface area contributed by atoms with Crippen LogP contribution in [0.5, 0.6) is 0 Å². The molecule has 0 atom stereocenters. The molecule has 2 aromatic carbocycles. The van der Waals surface area contributed by atoms with E-state index in [0.29, 0.717) is 33.8 Å². The Kier molecular flexibility index (Phi) is 11.5. The van der Waals surface area contributed by atoms with Crippen LogP contribution in [-0.2, 0) is 21.3 Å². The zero-order chi connectivity index (χ0) is 34.8. The molecule has 0 unspecified atom stereocenters. The van der Waals surface area contributed by atoms with Crippen LogP contribution in [-0.4, -0.2) is 39.2 Å². The summed E-state index contributed by atoms with van der Waals surface area (Å²) in [5, 5.41) is 3.94. The van der Waals surface area contributed by atoms with E-state index in [1.54, 1.807) is 18.2 Å². The molecule has 268 valence electrons. The summed E-state index contributed by atoms with van der Waals surface area (Å²) in [6.07, 6.45) is 17.4. The lowest BCUT2D eigenvalue weighted by molar-refractivity contribution is -0.0514. The highest BCUT2D eigenvalue weighted by atomic mass is 79.9. The highest BCUT2D eigenvalue weighted by Crippen LogP contribution is 2.60. The zero-order valence-electron chi connectivity index (χ0n) is 29.1. The van der Waals surface area contributed by atoms with Crippen molar-refractivity contribution in [2.75, 3.05) is 27.3 Å². The van der Waals surface area contributed by atoms with Gasteiger partial charge in [-0.15, -0.1) is 0 Å². The number of nitrogens with one attached hydrogen (secondary N) is 1. The van der Waals surface area contributed by atoms with Crippen LogP contribution < -0.4 is 11.1 Å². The highest BCUT2D eigenvalue weighted by Gasteiger charge is 2.51. The molecule has 0 aromatic heterocycles. The van der Waals surface area contributed by atoms with E-state index in [0.717, 1.165) is 48.6 Å². The van der Waals surface area contributed by atoms with Crippen molar-refractivity contribution in [2.45, 2.75) is 88.9 Å². The molecular weight excluding hydrogens is 690 g/mol. The van der Waals surface area contributed by atoms with E-state index in [1.807, 2.05) is 0 Å². The van der Waals surface area contributed by atoms with E-state index in [2.05, 4.69) is 30.7 Å². The second kappa shape index (κ2) is 15.5. The Morgan fingerprint density at radius 1 is 0.714 bits per heavy atom. The molecule has 3 N–H and O–H groups in total. The molecule has 6 nitrogen and oxygen atoms in total. The standard InChI is InChI=1S/C20H26FNO2.C11H19N.C9H8BrFO2/c1-24-19(23)16-2-3-17(18(21)7-16)11-22-12-20-8-13-4-14(9-20)6-15(5-13)10-20;12-7-11-4-8-1-9(5-11)3-10(2-8)6-11;1-13-9(12)6-2-3-7(5-10)8(11)4-6/h2-3,7,13-15,22H,4-6,8-12H2,1H3;8-10H,1-7,12H2;2-4H,5H2,1H3. The largest absolute Gasteiger partial charge is 0.465 e. The van der Waals surface area contributed by atoms with Crippen LogP contribution in [0, 0.1) is 58.0 Å². The number of halogens is 3. The first-order chi connectivity index (χ1) is 23.5. The van der Waals surface area contributed by atoms with Crippen LogP contribution in [0.3, 0.4) is 0 Å². The van der Waals surface area contributed by atoms with E-state index in [4.69, 9.17) is 5.73 Å². The minimum absolute atomic E-state index is 0.227. The molecule has 8 saturated carbocycles. The van der Waals surface area contributed by atoms with Gasteiger partial charge in [-0.05, 0) is 160 Å². The van der Waals surface area contributed by atoms with Gasteiger partial charge in [0.15, 0.2) is 0 Å². The van der Waals surface area contributed by atoms with Crippen molar-refractivity contribution in [1.29, 1.82) is 0 Å². The van der Waals surface area contributed by atoms with E-state index in [9.17, 15) is 18.4 Å². The van der Waals surface area contributed by atoms with Gasteiger partial charge in [-0.1, -0.05) is 28.1 Å². The maximum Gasteiger partial charge on any atom is 0.337 e. The lowest BCUT2D eigenvalue weighted by atomic mass is 9.49. The fraction of sp³-hybridized carbons (Fsp3) is 0.650. The number of hydrogen-bond donors (Lipinski definition) is 2. The Balaban J connectivity index is 0.000000140. The minimum atomic E-state index is -0.528. The van der Waals surface area contributed by atoms with Gasteiger partial charge >= 0.3 is 11.9 Å². The summed E-state index contributed by atoms with van der Waals surface area (Å²) in [6, 6.07) is 8.85. The van der Waals surface area contributed by atoms with Gasteiger partial charge in [-0.3, -0.25) is 0 Å². The third-order valence-electron chi connectivity index (χ3n) is 12.7. The lowest BCUT2D eigenvalue weighted by Gasteiger charge is -2.57. The third-order valence-corrected chi connectivity index (χ3v) is 13.3. The molecule has 9 heteroatoms. The fourth-order valence-corrected chi connectivity index (χ4v) is 11.8. The van der Waals surface area contributed by atoms with Crippen LogP contribution in [0.2, 0.25) is 0 Å². The van der Waals surface area contributed by atoms with Crippen molar-refractivity contribution in [3.8, 4) is 0 Å². The SMILES string of the molecule is COC(=O)c1ccc(CBr)c(F)c1.COC(=O)c1ccc(CNCC23CC4CC(CC(C4)C2)C3)c(F)c1.NCC12CC3CC(CC(C3)C1)C2. The van der Waals surface area contributed by atoms with Crippen molar-refractivity contribution < 1.29 is 27.8 Å². The summed E-state index contributed by atoms with van der Waals surface area (Å²) in [5.74, 6) is 4.26. The summed E-state index contributed by atoms with van der Waals surface area (Å²) in [7, 11) is 2.57. The Hall–Kier alpha value is -2.36. The molecule has 0 saturated heterocycles. The van der Waals surface area contributed by atoms with Crippen LogP contribution in [0.25, 0.3) is 0 Å². The van der Waals surface area contributed by atoms with Crippen molar-refractivity contribution in [3.63, 3.8) is 0 Å². The monoisotopic (exact) mass is 742 g/mol. The van der Waals surface area contributed by atoms with E-state index < -0.39 is 17.8 Å². The number of rotatable bonds is 8. The average Bonchev–Trinajstić information content (AvgIpc) is 3.07. The number of alkyl halides is 1. The first-order valence-corrected chi connectivity index (χ1v) is 19.4. The zero-order valence-corrected chi connectivity index (χ0v) is 30.7. The molecule has 8 aliphatic rings. The number of nitrogens with two attached hydrogens (primary N) is 1. The van der Waals surface area contributed by atoms with Gasteiger partial charge < -0.3 is 20.5 Å². The molecule has 8 bridgehead atoms. The molecule has 0 radical (unpaired) electrons. The van der Waals surface area contributed by atoms with Gasteiger partial charge in [0.25, 0.3) is 0 Å². The second-order valence-corrected chi connectivity index (χ2v) is 16.9. The van der Waals surface area contributed by atoms with Crippen LogP contribution >= 0.6 is 15.9 Å². The van der Waals surface area contributed by atoms with Gasteiger partial charge in [-0.25, -0.2) is 18.4 Å². The smallest absolute Gasteiger partial charge is 0.337 e. The summed E-state index contributed by atoms with van der Waals surface area (Å²) >= 11 is 3.13. The predicted molar refractivity (Wildman–Crippen MR) is 190 cm³/mol. The molecule has 10 rings (SSSR count). The summed E-state index contributed by atoms with van der Waals surface area (Å²) in [6.45, 7) is 2.49. The quantitative estimate of drug-likeness (QED) is 0.208. The van der Waals surface area contributed by atoms with E-state index >= 15 is 0 Å². The fourth-order valence-electron chi connectivity index (χ4n) is 11.3. The Labute approximate surface area is 298 Å². The molecule has 0 amide bonds. The summed E-state index contributed by atoms with van der Waals surface area (Å²) in [5.41, 5.74) is 8.63. The van der Waals surface area contributed by atoms with Crippen molar-refractivity contribution in [1.82, 2.24) is 5.32 Å². The van der Waals surface area contributed by atoms with Crippen molar-refractivity contribution in [3.05, 3.63) is 70.3 Å². The molecule has 0 aliphatic heterocycles. The maximum atomic E-state index is 14.2. The minimum Gasteiger partial charge on any atom is -0.465 e. The molecule has 0 spiro atoms. The topological polar surface area (TPSA) is 90.6 Å². The molecule has 8 aliphatic carbocycles. The van der Waals surface area contributed by atoms with E-state index in [-0.39, 0.29) is 16.9 Å². The summed E-state index contributed by atoms with van der Waals surface area (Å²) in [4.78, 5) is 22.4. The first-order valence-electron chi connectivity index (χ1n) is 18.3. The van der Waals surface area contributed by atoms with Crippen LogP contribution in [0.1, 0.15) is 109 Å². The number of esters is 2. The van der Waals surface area contributed by atoms with Gasteiger partial charge in [0, 0.05) is 24.0 Å². The third kappa shape index (κ3) is 8.41. The maximum absolute atomic E-state index is 14.2. The summed E-state index contributed by atoms with van der Waals surface area (Å²) < 4.78 is 36.4. The Morgan fingerprint density at radius 2 is 1.10 bits per heavy atom. The Bertz CT molecular complexity index is 1430. The number of hydrogen-bond acceptors (Lipinski definition) is 6.